The van der Waals surface area contributed by atoms with Gasteiger partial charge in [-0.2, -0.15) is 0 Å². The first-order valence-electron chi connectivity index (χ1n) is 10.5. The summed E-state index contributed by atoms with van der Waals surface area (Å²) in [7, 11) is 0. The summed E-state index contributed by atoms with van der Waals surface area (Å²) in [5.41, 5.74) is 4.81. The normalized spacial score (nSPS) is 14.8. The van der Waals surface area contributed by atoms with E-state index >= 15 is 0 Å². The van der Waals surface area contributed by atoms with Crippen molar-refractivity contribution < 1.29 is 4.39 Å². The molecule has 0 atom stereocenters. The largest absolute Gasteiger partial charge is 0.340 e. The molecule has 2 N–H and O–H groups in total. The highest BCUT2D eigenvalue weighted by Gasteiger charge is 2.13. The summed E-state index contributed by atoms with van der Waals surface area (Å²) in [6, 6.07) is 15.2. The van der Waals surface area contributed by atoms with Gasteiger partial charge < -0.3 is 10.3 Å². The summed E-state index contributed by atoms with van der Waals surface area (Å²) in [6.45, 7) is 3.33. The maximum absolute atomic E-state index is 13.5. The van der Waals surface area contributed by atoms with Crippen molar-refractivity contribution in [3.05, 3.63) is 71.3 Å². The van der Waals surface area contributed by atoms with Gasteiger partial charge in [0.15, 0.2) is 0 Å². The summed E-state index contributed by atoms with van der Waals surface area (Å²) in [4.78, 5) is 14.7. The Balaban J connectivity index is 1.43. The van der Waals surface area contributed by atoms with Crippen LogP contribution in [0.2, 0.25) is 5.02 Å². The second-order valence-corrected chi connectivity index (χ2v) is 8.37. The van der Waals surface area contributed by atoms with Crippen LogP contribution in [-0.4, -0.2) is 32.9 Å². The maximum Gasteiger partial charge on any atom is 0.143 e. The molecule has 5 rings (SSSR count). The van der Waals surface area contributed by atoms with Gasteiger partial charge in [-0.25, -0.2) is 14.4 Å². The Hall–Kier alpha value is -2.96. The van der Waals surface area contributed by atoms with Crippen LogP contribution < -0.4 is 5.32 Å². The molecule has 31 heavy (non-hydrogen) atoms. The van der Waals surface area contributed by atoms with Crippen molar-refractivity contribution in [2.45, 2.75) is 25.8 Å². The third-order valence-electron chi connectivity index (χ3n) is 5.70. The van der Waals surface area contributed by atoms with E-state index in [9.17, 15) is 4.39 Å². The van der Waals surface area contributed by atoms with Crippen LogP contribution >= 0.6 is 11.6 Å². The van der Waals surface area contributed by atoms with Crippen LogP contribution in [0.1, 0.15) is 24.8 Å². The average Bonchev–Trinajstić information content (AvgIpc) is 3.23. The number of benzene rings is 2. The zero-order valence-electron chi connectivity index (χ0n) is 17.0. The highest BCUT2D eigenvalue weighted by atomic mass is 35.5. The molecule has 4 aromatic rings. The Labute approximate surface area is 185 Å². The minimum absolute atomic E-state index is 0.0654. The number of fused-ring (bicyclic) bond motifs is 1. The van der Waals surface area contributed by atoms with E-state index < -0.39 is 5.82 Å². The third-order valence-corrected chi connectivity index (χ3v) is 5.99. The number of H-pyrrole nitrogens is 1. The molecule has 2 aromatic carbocycles. The van der Waals surface area contributed by atoms with Gasteiger partial charge in [-0.05, 0) is 67.4 Å². The van der Waals surface area contributed by atoms with Gasteiger partial charge in [0.1, 0.15) is 23.6 Å². The Morgan fingerprint density at radius 1 is 1.03 bits per heavy atom. The van der Waals surface area contributed by atoms with Crippen molar-refractivity contribution in [3.63, 3.8) is 0 Å². The van der Waals surface area contributed by atoms with Gasteiger partial charge in [0, 0.05) is 17.9 Å². The highest BCUT2D eigenvalue weighted by Crippen LogP contribution is 2.30. The molecule has 0 amide bonds. The van der Waals surface area contributed by atoms with E-state index in [0.717, 1.165) is 28.8 Å². The van der Waals surface area contributed by atoms with Gasteiger partial charge in [0.25, 0.3) is 0 Å². The summed E-state index contributed by atoms with van der Waals surface area (Å²) < 4.78 is 13.5. The number of aromatic nitrogens is 3. The molecule has 2 aromatic heterocycles. The quantitative estimate of drug-likeness (QED) is 0.395. The van der Waals surface area contributed by atoms with Crippen LogP contribution in [0.3, 0.4) is 0 Å². The summed E-state index contributed by atoms with van der Waals surface area (Å²) in [6.07, 6.45) is 5.42. The van der Waals surface area contributed by atoms with E-state index in [1.54, 1.807) is 12.1 Å². The highest BCUT2D eigenvalue weighted by molar-refractivity contribution is 6.31. The number of aromatic amines is 1. The van der Waals surface area contributed by atoms with E-state index in [0.29, 0.717) is 11.5 Å². The Bertz CT molecular complexity index is 1220. The van der Waals surface area contributed by atoms with Gasteiger partial charge in [-0.3, -0.25) is 4.90 Å². The number of halogens is 2. The van der Waals surface area contributed by atoms with Crippen molar-refractivity contribution in [2.24, 2.45) is 0 Å². The number of hydrogen-bond donors (Lipinski definition) is 2. The van der Waals surface area contributed by atoms with Crippen LogP contribution in [-0.2, 0) is 6.54 Å². The van der Waals surface area contributed by atoms with Crippen molar-refractivity contribution in [2.75, 3.05) is 18.4 Å². The second kappa shape index (κ2) is 8.65. The standard InChI is InChI=1S/C24H23ClFN5/c25-20-12-18(7-8-21(20)26)29-23-19-13-22(30-24(19)28-15-27-23)17-6-4-5-16(11-17)14-31-9-2-1-3-10-31/h4-8,11-13,15H,1-3,9-10,14H2,(H2,27,28,29,30). The van der Waals surface area contributed by atoms with Gasteiger partial charge >= 0.3 is 0 Å². The Morgan fingerprint density at radius 2 is 1.90 bits per heavy atom. The molecule has 1 saturated heterocycles. The van der Waals surface area contributed by atoms with Crippen molar-refractivity contribution >= 4 is 34.1 Å². The average molecular weight is 436 g/mol. The van der Waals surface area contributed by atoms with Gasteiger partial charge in [0.05, 0.1) is 10.4 Å². The number of nitrogens with one attached hydrogen (secondary N) is 2. The summed E-state index contributed by atoms with van der Waals surface area (Å²) in [5.74, 6) is 0.188. The van der Waals surface area contributed by atoms with E-state index in [1.165, 1.54) is 50.3 Å². The lowest BCUT2D eigenvalue weighted by Gasteiger charge is -2.26. The van der Waals surface area contributed by atoms with Gasteiger partial charge in [-0.15, -0.1) is 0 Å². The Morgan fingerprint density at radius 3 is 2.74 bits per heavy atom. The molecule has 1 fully saturated rings. The van der Waals surface area contributed by atoms with E-state index in [1.807, 2.05) is 6.07 Å². The molecule has 0 saturated carbocycles. The van der Waals surface area contributed by atoms with Crippen molar-refractivity contribution in [1.82, 2.24) is 19.9 Å². The zero-order valence-corrected chi connectivity index (χ0v) is 17.8. The van der Waals surface area contributed by atoms with E-state index in [-0.39, 0.29) is 5.02 Å². The topological polar surface area (TPSA) is 56.8 Å². The third kappa shape index (κ3) is 4.40. The van der Waals surface area contributed by atoms with E-state index in [2.05, 4.69) is 49.4 Å². The molecule has 3 heterocycles. The zero-order chi connectivity index (χ0) is 21.2. The number of piperidine rings is 1. The van der Waals surface area contributed by atoms with Crippen molar-refractivity contribution in [3.8, 4) is 11.3 Å². The molecule has 1 aliphatic heterocycles. The maximum atomic E-state index is 13.5. The summed E-state index contributed by atoms with van der Waals surface area (Å²) >= 11 is 5.91. The smallest absolute Gasteiger partial charge is 0.143 e. The molecule has 0 radical (unpaired) electrons. The predicted octanol–water partition coefficient (Wildman–Crippen LogP) is 6.15. The Kier molecular flexibility index (Phi) is 5.57. The number of nitrogens with zero attached hydrogens (tertiary/aromatic N) is 3. The number of anilines is 2. The van der Waals surface area contributed by atoms with Crippen molar-refractivity contribution in [1.29, 1.82) is 0 Å². The van der Waals surface area contributed by atoms with Gasteiger partial charge in [0.2, 0.25) is 0 Å². The first-order chi connectivity index (χ1) is 15.2. The molecule has 7 heteroatoms. The molecular weight excluding hydrogens is 413 g/mol. The minimum atomic E-state index is -0.451. The van der Waals surface area contributed by atoms with Crippen LogP contribution in [0.15, 0.2) is 54.9 Å². The molecule has 1 aliphatic rings. The van der Waals surface area contributed by atoms with Crippen LogP contribution in [0.25, 0.3) is 22.3 Å². The fraction of sp³-hybridized carbons (Fsp3) is 0.250. The molecule has 0 unspecified atom stereocenters. The molecule has 0 bridgehead atoms. The molecule has 158 valence electrons. The van der Waals surface area contributed by atoms with Crippen LogP contribution in [0, 0.1) is 5.82 Å². The lowest BCUT2D eigenvalue weighted by molar-refractivity contribution is 0.221. The minimum Gasteiger partial charge on any atom is -0.340 e. The SMILES string of the molecule is Fc1ccc(Nc2ncnc3[nH]c(-c4cccc(CN5CCCCC5)c4)cc23)cc1Cl. The number of likely N-dealkylation sites (tertiary alicyclic amines) is 1. The first kappa shape index (κ1) is 20.0. The second-order valence-electron chi connectivity index (χ2n) is 7.96. The molecular formula is C24H23ClFN5. The fourth-order valence-corrected chi connectivity index (χ4v) is 4.30. The summed E-state index contributed by atoms with van der Waals surface area (Å²) in [5, 5.41) is 4.14. The number of rotatable bonds is 5. The number of hydrogen-bond acceptors (Lipinski definition) is 4. The molecule has 0 aliphatic carbocycles. The molecule has 0 spiro atoms. The predicted molar refractivity (Wildman–Crippen MR) is 123 cm³/mol. The van der Waals surface area contributed by atoms with Crippen LogP contribution in [0.4, 0.5) is 15.9 Å². The first-order valence-corrected chi connectivity index (χ1v) is 10.9. The van der Waals surface area contributed by atoms with Crippen LogP contribution in [0.5, 0.6) is 0 Å². The lowest BCUT2D eigenvalue weighted by Crippen LogP contribution is -2.29. The van der Waals surface area contributed by atoms with E-state index in [4.69, 9.17) is 11.6 Å². The fourth-order valence-electron chi connectivity index (χ4n) is 4.12. The lowest BCUT2D eigenvalue weighted by atomic mass is 10.1. The monoisotopic (exact) mass is 435 g/mol. The van der Waals surface area contributed by atoms with Gasteiger partial charge in [-0.1, -0.05) is 36.2 Å². The molecule has 5 nitrogen and oxygen atoms in total.